The molecular formula is C17H19N3. The number of aromatic nitrogens is 2. The van der Waals surface area contributed by atoms with Crippen LogP contribution in [-0.4, -0.2) is 16.1 Å². The van der Waals surface area contributed by atoms with Crippen LogP contribution in [0.15, 0.2) is 48.7 Å². The van der Waals surface area contributed by atoms with E-state index in [-0.39, 0.29) is 0 Å². The van der Waals surface area contributed by atoms with Crippen molar-refractivity contribution >= 4 is 16.7 Å². The molecule has 0 aliphatic heterocycles. The van der Waals surface area contributed by atoms with Crippen molar-refractivity contribution < 1.29 is 0 Å². The van der Waals surface area contributed by atoms with Gasteiger partial charge in [-0.2, -0.15) is 0 Å². The van der Waals surface area contributed by atoms with E-state index in [1.165, 1.54) is 10.8 Å². The van der Waals surface area contributed by atoms with E-state index in [0.717, 1.165) is 30.3 Å². The Kier molecular flexibility index (Phi) is 3.42. The number of nitrogens with one attached hydrogen (secondary N) is 1. The first-order valence-corrected chi connectivity index (χ1v) is 7.07. The number of aryl methyl sites for hydroxylation is 1. The molecule has 20 heavy (non-hydrogen) atoms. The van der Waals surface area contributed by atoms with Crippen molar-refractivity contribution in [3.05, 3.63) is 54.4 Å². The van der Waals surface area contributed by atoms with Crippen molar-refractivity contribution in [2.75, 3.05) is 11.9 Å². The van der Waals surface area contributed by atoms with Crippen molar-refractivity contribution in [2.24, 2.45) is 0 Å². The predicted molar refractivity (Wildman–Crippen MR) is 84.6 cm³/mol. The molecule has 3 nitrogen and oxygen atoms in total. The number of fused-ring (bicyclic) bond motifs is 1. The molecule has 0 unspecified atom stereocenters. The average Bonchev–Trinajstić information content (AvgIpc) is 2.85. The molecule has 0 aliphatic carbocycles. The summed E-state index contributed by atoms with van der Waals surface area (Å²) in [6.07, 6.45) is 3.16. The quantitative estimate of drug-likeness (QED) is 0.767. The van der Waals surface area contributed by atoms with E-state index in [2.05, 4.69) is 70.5 Å². The third kappa shape index (κ3) is 2.39. The van der Waals surface area contributed by atoms with Crippen molar-refractivity contribution in [3.8, 4) is 5.69 Å². The number of hydrogen-bond acceptors (Lipinski definition) is 2. The van der Waals surface area contributed by atoms with E-state index in [1.807, 2.05) is 6.92 Å². The van der Waals surface area contributed by atoms with Crippen molar-refractivity contribution in [3.63, 3.8) is 0 Å². The Morgan fingerprint density at radius 1 is 1.10 bits per heavy atom. The third-order valence-corrected chi connectivity index (χ3v) is 3.37. The first kappa shape index (κ1) is 12.7. The minimum absolute atomic E-state index is 0.916. The Morgan fingerprint density at radius 2 is 1.90 bits per heavy atom. The molecule has 0 aliphatic rings. The van der Waals surface area contributed by atoms with Gasteiger partial charge in [-0.1, -0.05) is 37.3 Å². The van der Waals surface area contributed by atoms with Gasteiger partial charge in [-0.15, -0.1) is 0 Å². The van der Waals surface area contributed by atoms with Gasteiger partial charge in [0.1, 0.15) is 0 Å². The van der Waals surface area contributed by atoms with Crippen LogP contribution in [0.2, 0.25) is 0 Å². The van der Waals surface area contributed by atoms with Crippen molar-refractivity contribution in [1.29, 1.82) is 0 Å². The first-order valence-electron chi connectivity index (χ1n) is 7.07. The minimum Gasteiger partial charge on any atom is -0.355 e. The predicted octanol–water partition coefficient (Wildman–Crippen LogP) is 4.16. The number of hydrogen-bond donors (Lipinski definition) is 1. The highest BCUT2D eigenvalue weighted by molar-refractivity contribution is 5.84. The van der Waals surface area contributed by atoms with Gasteiger partial charge in [-0.25, -0.2) is 4.98 Å². The van der Waals surface area contributed by atoms with Gasteiger partial charge in [0.2, 0.25) is 5.95 Å². The second kappa shape index (κ2) is 5.37. The van der Waals surface area contributed by atoms with Gasteiger partial charge < -0.3 is 5.32 Å². The maximum atomic E-state index is 4.56. The van der Waals surface area contributed by atoms with Gasteiger partial charge in [-0.05, 0) is 36.2 Å². The Bertz CT molecular complexity index is 728. The molecular weight excluding hydrogens is 246 g/mol. The van der Waals surface area contributed by atoms with E-state index in [9.17, 15) is 0 Å². The fraction of sp³-hybridized carbons (Fsp3) is 0.235. The van der Waals surface area contributed by atoms with Crippen molar-refractivity contribution in [2.45, 2.75) is 20.3 Å². The van der Waals surface area contributed by atoms with Gasteiger partial charge in [0, 0.05) is 18.4 Å². The normalized spacial score (nSPS) is 10.9. The summed E-state index contributed by atoms with van der Waals surface area (Å²) >= 11 is 0. The lowest BCUT2D eigenvalue weighted by molar-refractivity contribution is 0.937. The summed E-state index contributed by atoms with van der Waals surface area (Å²) in [7, 11) is 0. The number of rotatable bonds is 4. The van der Waals surface area contributed by atoms with Crippen LogP contribution < -0.4 is 5.32 Å². The van der Waals surface area contributed by atoms with Crippen LogP contribution in [0.5, 0.6) is 0 Å². The Morgan fingerprint density at radius 3 is 2.70 bits per heavy atom. The fourth-order valence-electron chi connectivity index (χ4n) is 2.38. The van der Waals surface area contributed by atoms with Crippen LogP contribution in [-0.2, 0) is 0 Å². The first-order chi connectivity index (χ1) is 9.78. The van der Waals surface area contributed by atoms with Gasteiger partial charge in [0.15, 0.2) is 0 Å². The number of anilines is 1. The Labute approximate surface area is 119 Å². The lowest BCUT2D eigenvalue weighted by atomic mass is 10.1. The van der Waals surface area contributed by atoms with Crippen LogP contribution in [0.1, 0.15) is 19.0 Å². The van der Waals surface area contributed by atoms with Crippen LogP contribution in [0.4, 0.5) is 5.95 Å². The molecule has 1 aromatic heterocycles. The molecule has 0 saturated carbocycles. The highest BCUT2D eigenvalue weighted by atomic mass is 15.2. The molecule has 1 heterocycles. The number of benzene rings is 2. The molecule has 102 valence electrons. The maximum Gasteiger partial charge on any atom is 0.207 e. The van der Waals surface area contributed by atoms with Gasteiger partial charge >= 0.3 is 0 Å². The highest BCUT2D eigenvalue weighted by Gasteiger charge is 2.07. The van der Waals surface area contributed by atoms with E-state index >= 15 is 0 Å². The molecule has 3 aromatic rings. The molecule has 0 amide bonds. The zero-order chi connectivity index (χ0) is 13.9. The summed E-state index contributed by atoms with van der Waals surface area (Å²) in [5.41, 5.74) is 2.17. The van der Waals surface area contributed by atoms with E-state index in [1.54, 1.807) is 0 Å². The number of nitrogens with zero attached hydrogens (tertiary/aromatic N) is 2. The van der Waals surface area contributed by atoms with Gasteiger partial charge in [-0.3, -0.25) is 4.57 Å². The molecule has 0 radical (unpaired) electrons. The Hall–Kier alpha value is -2.29. The fourth-order valence-corrected chi connectivity index (χ4v) is 2.38. The van der Waals surface area contributed by atoms with Crippen LogP contribution in [0.25, 0.3) is 16.5 Å². The zero-order valence-electron chi connectivity index (χ0n) is 11.9. The standard InChI is InChI=1S/C17H19N3/c1-3-10-18-17-19-13(2)12-20(17)16-9-8-14-6-4-5-7-15(14)11-16/h4-9,11-12H,3,10H2,1-2H3,(H,18,19). The van der Waals surface area contributed by atoms with Gasteiger partial charge in [0.05, 0.1) is 5.69 Å². The minimum atomic E-state index is 0.916. The second-order valence-corrected chi connectivity index (χ2v) is 5.03. The van der Waals surface area contributed by atoms with Crippen molar-refractivity contribution in [1.82, 2.24) is 9.55 Å². The summed E-state index contributed by atoms with van der Waals surface area (Å²) in [6.45, 7) is 5.11. The van der Waals surface area contributed by atoms with E-state index < -0.39 is 0 Å². The van der Waals surface area contributed by atoms with Crippen LogP contribution >= 0.6 is 0 Å². The lowest BCUT2D eigenvalue weighted by Crippen LogP contribution is -2.06. The molecule has 0 bridgehead atoms. The number of imidazole rings is 1. The summed E-state index contributed by atoms with van der Waals surface area (Å²) in [6, 6.07) is 14.9. The lowest BCUT2D eigenvalue weighted by Gasteiger charge is -2.10. The molecule has 3 heteroatoms. The third-order valence-electron chi connectivity index (χ3n) is 3.37. The molecule has 1 N–H and O–H groups in total. The molecule has 0 spiro atoms. The van der Waals surface area contributed by atoms with Crippen LogP contribution in [0, 0.1) is 6.92 Å². The van der Waals surface area contributed by atoms with E-state index in [4.69, 9.17) is 0 Å². The molecule has 2 aromatic carbocycles. The smallest absolute Gasteiger partial charge is 0.207 e. The zero-order valence-corrected chi connectivity index (χ0v) is 11.9. The van der Waals surface area contributed by atoms with Crippen LogP contribution in [0.3, 0.4) is 0 Å². The largest absolute Gasteiger partial charge is 0.355 e. The molecule has 0 saturated heterocycles. The maximum absolute atomic E-state index is 4.56. The summed E-state index contributed by atoms with van der Waals surface area (Å²) < 4.78 is 2.12. The summed E-state index contributed by atoms with van der Waals surface area (Å²) in [4.78, 5) is 4.56. The average molecular weight is 265 g/mol. The SMILES string of the molecule is CCCNc1nc(C)cn1-c1ccc2ccccc2c1. The monoisotopic (exact) mass is 265 g/mol. The summed E-state index contributed by atoms with van der Waals surface area (Å²) in [5, 5.41) is 5.89. The second-order valence-electron chi connectivity index (χ2n) is 5.03. The Balaban J connectivity index is 2.05. The molecule has 0 atom stereocenters. The van der Waals surface area contributed by atoms with Gasteiger partial charge in [0.25, 0.3) is 0 Å². The van der Waals surface area contributed by atoms with E-state index in [0.29, 0.717) is 0 Å². The summed E-state index contributed by atoms with van der Waals surface area (Å²) in [5.74, 6) is 0.916. The highest BCUT2D eigenvalue weighted by Crippen LogP contribution is 2.21. The topological polar surface area (TPSA) is 29.9 Å². The molecule has 3 rings (SSSR count). The molecule has 0 fully saturated rings.